The number of aliphatic hydroxyl groups excluding tert-OH is 1. The number of ether oxygens (including phenoxy) is 2. The molecule has 0 aliphatic carbocycles. The van der Waals surface area contributed by atoms with Crippen molar-refractivity contribution < 1.29 is 14.6 Å². The molecule has 2 rings (SSSR count). The standard InChI is InChI=1S/C16H23N5O5/c1-8(2)21-14(22)10(5)7-20(16(21)24)12-6-11(18-19-17)13(26-12)15(23)25-9(3)4/h6-9,12-13,15,23H,1-5H3/t12-,13+,15?/m1/s1. The number of hydrogen-bond donors (Lipinski definition) is 1. The highest BCUT2D eigenvalue weighted by Gasteiger charge is 2.35. The van der Waals surface area contributed by atoms with Crippen molar-refractivity contribution in [1.82, 2.24) is 9.13 Å². The lowest BCUT2D eigenvalue weighted by Crippen LogP contribution is -2.43. The summed E-state index contributed by atoms with van der Waals surface area (Å²) in [5.74, 6) is 0. The van der Waals surface area contributed by atoms with Crippen molar-refractivity contribution in [3.05, 3.63) is 54.8 Å². The highest BCUT2D eigenvalue weighted by atomic mass is 16.6. The fourth-order valence-electron chi connectivity index (χ4n) is 2.71. The van der Waals surface area contributed by atoms with Gasteiger partial charge in [-0.15, -0.1) is 0 Å². The predicted molar refractivity (Wildman–Crippen MR) is 93.5 cm³/mol. The van der Waals surface area contributed by atoms with Crippen LogP contribution in [0.1, 0.15) is 45.5 Å². The molecular formula is C16H23N5O5. The zero-order valence-corrected chi connectivity index (χ0v) is 15.4. The lowest BCUT2D eigenvalue weighted by Gasteiger charge is -2.24. The molecule has 142 valence electrons. The molecule has 26 heavy (non-hydrogen) atoms. The molecule has 1 aliphatic rings. The summed E-state index contributed by atoms with van der Waals surface area (Å²) >= 11 is 0. The van der Waals surface area contributed by atoms with Crippen molar-refractivity contribution in [3.63, 3.8) is 0 Å². The maximum absolute atomic E-state index is 12.7. The van der Waals surface area contributed by atoms with Crippen molar-refractivity contribution in [2.45, 2.75) is 65.4 Å². The molecule has 0 fully saturated rings. The normalized spacial score (nSPS) is 21.0. The van der Waals surface area contributed by atoms with E-state index in [1.54, 1.807) is 34.6 Å². The smallest absolute Gasteiger partial charge is 0.333 e. The Kier molecular flexibility index (Phi) is 6.04. The Bertz CT molecular complexity index is 863. The van der Waals surface area contributed by atoms with E-state index >= 15 is 0 Å². The van der Waals surface area contributed by atoms with Crippen LogP contribution in [0.3, 0.4) is 0 Å². The topological polar surface area (TPSA) is 131 Å². The van der Waals surface area contributed by atoms with E-state index in [1.165, 1.54) is 16.8 Å². The van der Waals surface area contributed by atoms with Gasteiger partial charge in [-0.25, -0.2) is 4.79 Å². The Morgan fingerprint density at radius 3 is 2.54 bits per heavy atom. The Labute approximate surface area is 149 Å². The van der Waals surface area contributed by atoms with Gasteiger partial charge in [0.2, 0.25) is 0 Å². The van der Waals surface area contributed by atoms with Crippen LogP contribution in [0, 0.1) is 6.92 Å². The van der Waals surface area contributed by atoms with Crippen LogP contribution in [0.2, 0.25) is 0 Å². The fourth-order valence-corrected chi connectivity index (χ4v) is 2.71. The molecule has 2 heterocycles. The van der Waals surface area contributed by atoms with Crippen LogP contribution in [0.4, 0.5) is 0 Å². The zero-order valence-electron chi connectivity index (χ0n) is 15.4. The number of hydrogen-bond acceptors (Lipinski definition) is 6. The van der Waals surface area contributed by atoms with Gasteiger partial charge >= 0.3 is 5.69 Å². The molecule has 0 aromatic carbocycles. The summed E-state index contributed by atoms with van der Waals surface area (Å²) in [5, 5.41) is 13.7. The second-order valence-electron chi connectivity index (χ2n) is 6.57. The molecule has 0 bridgehead atoms. The minimum absolute atomic E-state index is 0.109. The summed E-state index contributed by atoms with van der Waals surface area (Å²) in [7, 11) is 0. The molecular weight excluding hydrogens is 342 g/mol. The van der Waals surface area contributed by atoms with E-state index < -0.39 is 24.3 Å². The van der Waals surface area contributed by atoms with E-state index in [2.05, 4.69) is 10.0 Å². The minimum atomic E-state index is -1.37. The lowest BCUT2D eigenvalue weighted by molar-refractivity contribution is -0.192. The van der Waals surface area contributed by atoms with Crippen molar-refractivity contribution in [2.75, 3.05) is 0 Å². The molecule has 1 aromatic rings. The summed E-state index contributed by atoms with van der Waals surface area (Å²) in [6, 6.07) is -0.339. The average molecular weight is 365 g/mol. The molecule has 0 saturated heterocycles. The molecule has 1 aromatic heterocycles. The van der Waals surface area contributed by atoms with Crippen LogP contribution < -0.4 is 11.2 Å². The first kappa shape index (κ1) is 19.9. The number of nitrogens with zero attached hydrogens (tertiary/aromatic N) is 5. The second kappa shape index (κ2) is 7.88. The van der Waals surface area contributed by atoms with Crippen molar-refractivity contribution in [2.24, 2.45) is 5.11 Å². The Hall–Kier alpha value is -2.39. The second-order valence-corrected chi connectivity index (χ2v) is 6.57. The van der Waals surface area contributed by atoms with Gasteiger partial charge in [0.25, 0.3) is 5.56 Å². The summed E-state index contributed by atoms with van der Waals surface area (Å²) in [6.45, 7) is 8.52. The van der Waals surface area contributed by atoms with E-state index in [4.69, 9.17) is 15.0 Å². The first-order chi connectivity index (χ1) is 12.2. The van der Waals surface area contributed by atoms with Crippen molar-refractivity contribution in [1.29, 1.82) is 0 Å². The summed E-state index contributed by atoms with van der Waals surface area (Å²) in [6.07, 6.45) is -0.839. The first-order valence-corrected chi connectivity index (χ1v) is 8.27. The maximum atomic E-state index is 12.7. The summed E-state index contributed by atoms with van der Waals surface area (Å²) in [5.41, 5.74) is 8.28. The monoisotopic (exact) mass is 365 g/mol. The van der Waals surface area contributed by atoms with Gasteiger partial charge in [-0.2, -0.15) is 0 Å². The lowest BCUT2D eigenvalue weighted by atomic mass is 10.2. The zero-order chi connectivity index (χ0) is 19.6. The van der Waals surface area contributed by atoms with E-state index in [-0.39, 0.29) is 23.4 Å². The van der Waals surface area contributed by atoms with Crippen LogP contribution in [0.25, 0.3) is 10.4 Å². The van der Waals surface area contributed by atoms with Crippen LogP contribution >= 0.6 is 0 Å². The Balaban J connectivity index is 2.49. The van der Waals surface area contributed by atoms with Gasteiger partial charge in [0, 0.05) is 28.4 Å². The average Bonchev–Trinajstić information content (AvgIpc) is 2.94. The van der Waals surface area contributed by atoms with Crippen LogP contribution in [-0.2, 0) is 9.47 Å². The van der Waals surface area contributed by atoms with Gasteiger partial charge in [0.1, 0.15) is 6.10 Å². The number of aryl methyl sites for hydroxylation is 1. The molecule has 0 saturated carbocycles. The Morgan fingerprint density at radius 2 is 2.00 bits per heavy atom. The number of aliphatic hydroxyl groups is 1. The third kappa shape index (κ3) is 3.88. The number of rotatable bonds is 6. The largest absolute Gasteiger partial charge is 0.366 e. The molecule has 10 heteroatoms. The van der Waals surface area contributed by atoms with Crippen LogP contribution in [0.5, 0.6) is 0 Å². The van der Waals surface area contributed by atoms with Gasteiger partial charge in [-0.3, -0.25) is 13.9 Å². The maximum Gasteiger partial charge on any atom is 0.333 e. The third-order valence-corrected chi connectivity index (χ3v) is 3.83. The summed E-state index contributed by atoms with van der Waals surface area (Å²) < 4.78 is 13.3. The predicted octanol–water partition coefficient (Wildman–Crippen LogP) is 1.73. The Morgan fingerprint density at radius 1 is 1.35 bits per heavy atom. The SMILES string of the molecule is Cc1cn([C@H]2C=C(N=[N+]=[N-])[C@@H](C(O)OC(C)C)O2)c(=O)n(C(C)C)c1=O. The van der Waals surface area contributed by atoms with Gasteiger partial charge in [-0.1, -0.05) is 5.11 Å². The van der Waals surface area contributed by atoms with Gasteiger partial charge < -0.3 is 14.6 Å². The first-order valence-electron chi connectivity index (χ1n) is 8.27. The minimum Gasteiger partial charge on any atom is -0.366 e. The third-order valence-electron chi connectivity index (χ3n) is 3.83. The number of aromatic nitrogens is 2. The fraction of sp³-hybridized carbons (Fsp3) is 0.625. The molecule has 0 radical (unpaired) electrons. The van der Waals surface area contributed by atoms with Gasteiger partial charge in [-0.05, 0) is 46.2 Å². The van der Waals surface area contributed by atoms with Crippen LogP contribution in [0.15, 0.2) is 32.7 Å². The van der Waals surface area contributed by atoms with E-state index in [0.717, 1.165) is 4.57 Å². The molecule has 10 nitrogen and oxygen atoms in total. The molecule has 0 amide bonds. The molecule has 1 N–H and O–H groups in total. The quantitative estimate of drug-likeness (QED) is 0.355. The summed E-state index contributed by atoms with van der Waals surface area (Å²) in [4.78, 5) is 27.7. The molecule has 3 atom stereocenters. The molecule has 1 unspecified atom stereocenters. The van der Waals surface area contributed by atoms with E-state index in [9.17, 15) is 14.7 Å². The van der Waals surface area contributed by atoms with Crippen LogP contribution in [-0.4, -0.2) is 32.7 Å². The van der Waals surface area contributed by atoms with E-state index in [0.29, 0.717) is 5.56 Å². The van der Waals surface area contributed by atoms with E-state index in [1.807, 2.05) is 0 Å². The highest BCUT2D eigenvalue weighted by molar-refractivity contribution is 5.16. The van der Waals surface area contributed by atoms with Crippen molar-refractivity contribution in [3.8, 4) is 0 Å². The number of azide groups is 1. The highest BCUT2D eigenvalue weighted by Crippen LogP contribution is 2.30. The molecule has 0 spiro atoms. The van der Waals surface area contributed by atoms with Gasteiger partial charge in [0.15, 0.2) is 12.5 Å². The van der Waals surface area contributed by atoms with Gasteiger partial charge in [0.05, 0.1) is 6.10 Å². The van der Waals surface area contributed by atoms with Crippen molar-refractivity contribution >= 4 is 0 Å². The molecule has 1 aliphatic heterocycles.